The lowest BCUT2D eigenvalue weighted by Crippen LogP contribution is -2.31. The maximum absolute atomic E-state index is 12.6. The van der Waals surface area contributed by atoms with Gasteiger partial charge < -0.3 is 26.6 Å². The first-order valence-corrected chi connectivity index (χ1v) is 9.60. The quantitative estimate of drug-likeness (QED) is 0.349. The van der Waals surface area contributed by atoms with E-state index < -0.39 is 17.9 Å². The zero-order valence-corrected chi connectivity index (χ0v) is 16.2. The SMILES string of the molecule is N=C1/C(=C2\NC=C(c3cnn(CC(O)CO)c3)S2)C(=O)Nc2cc(C(N)=O)cnc21. The number of pyridine rings is 1. The van der Waals surface area contributed by atoms with Crippen LogP contribution in [0.4, 0.5) is 5.69 Å². The molecule has 0 radical (unpaired) electrons. The lowest BCUT2D eigenvalue weighted by Gasteiger charge is -2.21. The number of amides is 2. The molecule has 0 aliphatic carbocycles. The first kappa shape index (κ1) is 19.8. The van der Waals surface area contributed by atoms with Gasteiger partial charge >= 0.3 is 0 Å². The Hall–Kier alpha value is -3.48. The highest BCUT2D eigenvalue weighted by Gasteiger charge is 2.32. The molecule has 0 bridgehead atoms. The van der Waals surface area contributed by atoms with Gasteiger partial charge in [-0.25, -0.2) is 0 Å². The summed E-state index contributed by atoms with van der Waals surface area (Å²) in [5, 5.41) is 37.2. The summed E-state index contributed by atoms with van der Waals surface area (Å²) in [5.74, 6) is -1.17. The van der Waals surface area contributed by atoms with Crippen LogP contribution in [0.25, 0.3) is 4.91 Å². The number of hydrogen-bond acceptors (Lipinski definition) is 9. The third kappa shape index (κ3) is 3.58. The lowest BCUT2D eigenvalue weighted by molar-refractivity contribution is -0.112. The van der Waals surface area contributed by atoms with Crippen molar-refractivity contribution in [1.82, 2.24) is 20.1 Å². The maximum atomic E-state index is 12.6. The van der Waals surface area contributed by atoms with Crippen LogP contribution >= 0.6 is 11.8 Å². The molecule has 2 aliphatic rings. The highest BCUT2D eigenvalue weighted by Crippen LogP contribution is 2.40. The molecule has 4 heterocycles. The molecular formula is C18H17N7O4S. The van der Waals surface area contributed by atoms with E-state index in [1.54, 1.807) is 18.6 Å². The van der Waals surface area contributed by atoms with Crippen molar-refractivity contribution in [1.29, 1.82) is 5.41 Å². The van der Waals surface area contributed by atoms with Crippen molar-refractivity contribution in [2.45, 2.75) is 12.6 Å². The van der Waals surface area contributed by atoms with Crippen molar-refractivity contribution < 1.29 is 19.8 Å². The van der Waals surface area contributed by atoms with E-state index in [2.05, 4.69) is 20.7 Å². The fraction of sp³-hybridized carbons (Fsp3) is 0.167. The second kappa shape index (κ2) is 7.74. The molecule has 12 heteroatoms. The van der Waals surface area contributed by atoms with Crippen LogP contribution in [-0.2, 0) is 11.3 Å². The number of aliphatic hydroxyl groups excluding tert-OH is 2. The van der Waals surface area contributed by atoms with E-state index in [1.807, 2.05) is 0 Å². The van der Waals surface area contributed by atoms with Gasteiger partial charge in [0.1, 0.15) is 5.69 Å². The largest absolute Gasteiger partial charge is 0.394 e. The van der Waals surface area contributed by atoms with Gasteiger partial charge in [-0.15, -0.1) is 0 Å². The second-order valence-corrected chi connectivity index (χ2v) is 7.61. The Morgan fingerprint density at radius 1 is 1.40 bits per heavy atom. The van der Waals surface area contributed by atoms with Crippen LogP contribution < -0.4 is 16.4 Å². The average Bonchev–Trinajstić information content (AvgIpc) is 3.37. The molecule has 0 aromatic carbocycles. The Labute approximate surface area is 174 Å². The zero-order chi connectivity index (χ0) is 21.4. The van der Waals surface area contributed by atoms with Crippen LogP contribution in [-0.4, -0.2) is 55.2 Å². The van der Waals surface area contributed by atoms with Crippen molar-refractivity contribution >= 4 is 39.9 Å². The molecule has 1 atom stereocenters. The number of rotatable bonds is 5. The van der Waals surface area contributed by atoms with Crippen molar-refractivity contribution in [3.05, 3.63) is 58.3 Å². The molecule has 2 aliphatic heterocycles. The van der Waals surface area contributed by atoms with Crippen molar-refractivity contribution in [2.24, 2.45) is 5.73 Å². The average molecular weight is 427 g/mol. The number of anilines is 1. The Morgan fingerprint density at radius 3 is 2.93 bits per heavy atom. The summed E-state index contributed by atoms with van der Waals surface area (Å²) in [5.41, 5.74) is 6.68. The second-order valence-electron chi connectivity index (χ2n) is 6.56. The van der Waals surface area contributed by atoms with Gasteiger partial charge in [0.15, 0.2) is 0 Å². The van der Waals surface area contributed by atoms with E-state index in [-0.39, 0.29) is 41.4 Å². The summed E-state index contributed by atoms with van der Waals surface area (Å²) < 4.78 is 1.51. The molecule has 4 rings (SSSR count). The number of nitrogens with two attached hydrogens (primary N) is 1. The predicted molar refractivity (Wildman–Crippen MR) is 109 cm³/mol. The summed E-state index contributed by atoms with van der Waals surface area (Å²) >= 11 is 1.26. The first-order chi connectivity index (χ1) is 14.4. The third-order valence-electron chi connectivity index (χ3n) is 4.43. The van der Waals surface area contributed by atoms with Crippen LogP contribution in [0.5, 0.6) is 0 Å². The van der Waals surface area contributed by atoms with Gasteiger partial charge in [-0.2, -0.15) is 5.10 Å². The minimum absolute atomic E-state index is 0.0730. The third-order valence-corrected chi connectivity index (χ3v) is 5.53. The number of carbonyl (C=O) groups excluding carboxylic acids is 2. The van der Waals surface area contributed by atoms with Crippen molar-refractivity contribution in [3.8, 4) is 0 Å². The van der Waals surface area contributed by atoms with Crippen LogP contribution in [0.2, 0.25) is 0 Å². The van der Waals surface area contributed by atoms with Crippen LogP contribution in [0, 0.1) is 5.41 Å². The Kier molecular flexibility index (Phi) is 5.11. The summed E-state index contributed by atoms with van der Waals surface area (Å²) in [6.45, 7) is -0.212. The normalized spacial score (nSPS) is 19.1. The highest BCUT2D eigenvalue weighted by molar-refractivity contribution is 8.12. The van der Waals surface area contributed by atoms with Gasteiger partial charge in [-0.05, 0) is 6.07 Å². The topological polar surface area (TPSA) is 179 Å². The Bertz CT molecular complexity index is 1140. The van der Waals surface area contributed by atoms with E-state index in [1.165, 1.54) is 28.7 Å². The Balaban J connectivity index is 1.57. The van der Waals surface area contributed by atoms with E-state index in [0.717, 1.165) is 10.5 Å². The molecule has 0 fully saturated rings. The fourth-order valence-corrected chi connectivity index (χ4v) is 3.93. The van der Waals surface area contributed by atoms with Crippen molar-refractivity contribution in [2.75, 3.05) is 11.9 Å². The molecule has 7 N–H and O–H groups in total. The molecule has 154 valence electrons. The van der Waals surface area contributed by atoms with Crippen molar-refractivity contribution in [3.63, 3.8) is 0 Å². The number of aromatic nitrogens is 3. The fourth-order valence-electron chi connectivity index (χ4n) is 2.96. The Morgan fingerprint density at radius 2 is 2.20 bits per heavy atom. The van der Waals surface area contributed by atoms with Gasteiger partial charge in [0.2, 0.25) is 5.91 Å². The lowest BCUT2D eigenvalue weighted by atomic mass is 10.0. The monoisotopic (exact) mass is 427 g/mol. The molecule has 30 heavy (non-hydrogen) atoms. The van der Waals surface area contributed by atoms with Gasteiger partial charge in [0, 0.05) is 29.1 Å². The van der Waals surface area contributed by atoms with E-state index in [9.17, 15) is 14.7 Å². The number of nitrogens with one attached hydrogen (secondary N) is 3. The minimum Gasteiger partial charge on any atom is -0.394 e. The molecule has 0 spiro atoms. The molecule has 0 saturated carbocycles. The van der Waals surface area contributed by atoms with Crippen LogP contribution in [0.3, 0.4) is 0 Å². The molecule has 2 amide bonds. The number of hydrogen-bond donors (Lipinski definition) is 6. The summed E-state index contributed by atoms with van der Waals surface area (Å²) in [7, 11) is 0. The van der Waals surface area contributed by atoms with Gasteiger partial charge in [0.25, 0.3) is 5.91 Å². The molecule has 2 aromatic rings. The van der Waals surface area contributed by atoms with Gasteiger partial charge in [0.05, 0.1) is 53.0 Å². The number of aliphatic hydroxyl groups is 2. The number of nitrogens with zero attached hydrogens (tertiary/aromatic N) is 3. The first-order valence-electron chi connectivity index (χ1n) is 8.78. The standard InChI is InChI=1S/C18H17N7O4S/c19-14-13(17(29)24-11-1-8(16(20)28)2-21-15(11)14)18-22-4-12(30-18)9-3-23-25(5-9)6-10(27)7-26/h1-5,10,19,22,26-27H,6-7H2,(H2,20,28)(H,24,29)/b18-13-,19-14?. The van der Waals surface area contributed by atoms with E-state index in [4.69, 9.17) is 16.2 Å². The zero-order valence-electron chi connectivity index (χ0n) is 15.4. The molecule has 11 nitrogen and oxygen atoms in total. The maximum Gasteiger partial charge on any atom is 0.260 e. The van der Waals surface area contributed by atoms with E-state index in [0.29, 0.717) is 5.03 Å². The minimum atomic E-state index is -0.909. The summed E-state index contributed by atoms with van der Waals surface area (Å²) in [6.07, 6.45) is 5.36. The van der Waals surface area contributed by atoms with E-state index >= 15 is 0 Å². The smallest absolute Gasteiger partial charge is 0.260 e. The van der Waals surface area contributed by atoms with Gasteiger partial charge in [-0.1, -0.05) is 11.8 Å². The van der Waals surface area contributed by atoms with Gasteiger partial charge in [-0.3, -0.25) is 24.7 Å². The molecule has 0 saturated heterocycles. The molecule has 1 unspecified atom stereocenters. The van der Waals surface area contributed by atoms with Crippen LogP contribution in [0.15, 0.2) is 41.5 Å². The van der Waals surface area contributed by atoms with Crippen LogP contribution in [0.1, 0.15) is 21.6 Å². The number of fused-ring (bicyclic) bond motifs is 1. The summed E-state index contributed by atoms with van der Waals surface area (Å²) in [4.78, 5) is 28.8. The number of primary amides is 1. The number of thioether (sulfide) groups is 1. The summed E-state index contributed by atoms with van der Waals surface area (Å²) in [6, 6.07) is 1.40. The predicted octanol–water partition coefficient (Wildman–Crippen LogP) is -0.403. The molecular weight excluding hydrogens is 410 g/mol. The highest BCUT2D eigenvalue weighted by atomic mass is 32.2. The molecule has 2 aromatic heterocycles. The number of carbonyl (C=O) groups is 2.